The molecule has 1 heterocycles. The molecule has 146 valence electrons. The van der Waals surface area contributed by atoms with Crippen LogP contribution in [0.5, 0.6) is 0 Å². The van der Waals surface area contributed by atoms with Gasteiger partial charge < -0.3 is 5.11 Å². The Hall–Kier alpha value is -0.670. The van der Waals surface area contributed by atoms with E-state index in [1.165, 1.54) is 70.6 Å². The van der Waals surface area contributed by atoms with Crippen LogP contribution in [0.4, 0.5) is 0 Å². The smallest absolute Gasteiger partial charge is 0.189 e. The van der Waals surface area contributed by atoms with Gasteiger partial charge in [-0.1, -0.05) is 57.6 Å². The minimum Gasteiger partial charge on any atom is -0.345 e. The van der Waals surface area contributed by atoms with E-state index in [0.717, 1.165) is 24.0 Å². The van der Waals surface area contributed by atoms with Crippen LogP contribution in [0.15, 0.2) is 17.1 Å². The summed E-state index contributed by atoms with van der Waals surface area (Å²) in [4.78, 5) is 4.65. The highest BCUT2D eigenvalue weighted by atomic mass is 16.3. The molecule has 0 saturated carbocycles. The Kier molecular flexibility index (Phi) is 12.1. The molecule has 25 heavy (non-hydrogen) atoms. The number of rotatable bonds is 15. The maximum atomic E-state index is 10.2. The quantitative estimate of drug-likeness (QED) is 0.225. The van der Waals surface area contributed by atoms with Crippen LogP contribution < -0.4 is 0 Å². The fourth-order valence-corrected chi connectivity index (χ4v) is 3.96. The molecule has 3 heteroatoms. The van der Waals surface area contributed by atoms with Gasteiger partial charge in [0, 0.05) is 13.3 Å². The number of unbranched alkanes of at least 4 members (excludes halogenated alkanes) is 9. The van der Waals surface area contributed by atoms with E-state index < -0.39 is 0 Å². The lowest BCUT2D eigenvalue weighted by Gasteiger charge is -2.40. The van der Waals surface area contributed by atoms with Gasteiger partial charge in [-0.3, -0.25) is 4.48 Å². The van der Waals surface area contributed by atoms with Crippen LogP contribution in [0.1, 0.15) is 97.8 Å². The molecule has 3 atom stereocenters. The van der Waals surface area contributed by atoms with Crippen molar-refractivity contribution in [3.63, 3.8) is 0 Å². The molecule has 1 rings (SSSR count). The van der Waals surface area contributed by atoms with E-state index in [4.69, 9.17) is 0 Å². The number of aliphatic hydroxyl groups is 1. The zero-order chi connectivity index (χ0) is 18.4. The summed E-state index contributed by atoms with van der Waals surface area (Å²) in [7, 11) is 0. The largest absolute Gasteiger partial charge is 0.345 e. The minimum atomic E-state index is -0.317. The molecule has 1 aliphatic rings. The number of aliphatic hydroxyl groups excluding tert-OH is 1. The Labute approximate surface area is 156 Å². The molecule has 0 aliphatic carbocycles. The van der Waals surface area contributed by atoms with Gasteiger partial charge in [0.1, 0.15) is 6.54 Å². The summed E-state index contributed by atoms with van der Waals surface area (Å²) in [6, 6.07) is 0. The van der Waals surface area contributed by atoms with Gasteiger partial charge in [0.05, 0.1) is 12.8 Å². The summed E-state index contributed by atoms with van der Waals surface area (Å²) in [6.07, 6.45) is 22.4. The highest BCUT2D eigenvalue weighted by Crippen LogP contribution is 2.26. The second kappa shape index (κ2) is 13.5. The number of hydrogen-bond donors (Lipinski definition) is 1. The molecule has 0 saturated heterocycles. The Morgan fingerprint density at radius 2 is 1.60 bits per heavy atom. The first-order chi connectivity index (χ1) is 12.2. The average Bonchev–Trinajstić information content (AvgIpc) is 3.03. The maximum absolute atomic E-state index is 10.2. The van der Waals surface area contributed by atoms with Gasteiger partial charge in [-0.25, -0.2) is 4.99 Å². The third kappa shape index (κ3) is 8.04. The van der Waals surface area contributed by atoms with Gasteiger partial charge in [-0.15, -0.1) is 0 Å². The highest BCUT2D eigenvalue weighted by molar-refractivity contribution is 5.60. The maximum Gasteiger partial charge on any atom is 0.189 e. The first kappa shape index (κ1) is 22.4. The molecule has 0 amide bonds. The monoisotopic (exact) mass is 351 g/mol. The van der Waals surface area contributed by atoms with E-state index in [-0.39, 0.29) is 12.4 Å². The van der Waals surface area contributed by atoms with Crippen LogP contribution in [-0.4, -0.2) is 41.3 Å². The average molecular weight is 352 g/mol. The normalized spacial score (nSPS) is 24.4. The topological polar surface area (TPSA) is 32.6 Å². The molecule has 3 nitrogen and oxygen atoms in total. The fraction of sp³-hybridized carbons (Fsp3) is 0.864. The van der Waals surface area contributed by atoms with Gasteiger partial charge in [-0.05, 0) is 39.0 Å². The van der Waals surface area contributed by atoms with Crippen molar-refractivity contribution in [3.05, 3.63) is 12.2 Å². The molecule has 0 aromatic carbocycles. The van der Waals surface area contributed by atoms with Crippen molar-refractivity contribution in [3.8, 4) is 0 Å². The number of hydrogen-bond acceptors (Lipinski definition) is 2. The number of nitrogens with zero attached hydrogens (tertiary/aromatic N) is 2. The zero-order valence-electron chi connectivity index (χ0n) is 17.1. The Balaban J connectivity index is 2.01. The standard InChI is InChI=1S/C22H43N2O/c1-4-6-7-8-9-10-11-12-13-14-15-16-17-18-22-23-19-20-24(22,5-2)21(3)25/h12-13,19,21-22,25H,4-11,14-18,20H2,1-3H3/q+1/b13-12+. The molecule has 3 unspecified atom stereocenters. The van der Waals surface area contributed by atoms with Gasteiger partial charge in [0.15, 0.2) is 12.4 Å². The van der Waals surface area contributed by atoms with Gasteiger partial charge in [-0.2, -0.15) is 0 Å². The van der Waals surface area contributed by atoms with Crippen molar-refractivity contribution in [2.45, 2.75) is 110 Å². The summed E-state index contributed by atoms with van der Waals surface area (Å²) in [6.45, 7) is 8.21. The molecule has 0 aromatic rings. The van der Waals surface area contributed by atoms with E-state index in [1.807, 2.05) is 13.1 Å². The second-order valence-corrected chi connectivity index (χ2v) is 7.71. The molecular formula is C22H43N2O+. The van der Waals surface area contributed by atoms with Gasteiger partial charge in [0.25, 0.3) is 0 Å². The summed E-state index contributed by atoms with van der Waals surface area (Å²) in [5.74, 6) is 0. The first-order valence-corrected chi connectivity index (χ1v) is 10.9. The van der Waals surface area contributed by atoms with Gasteiger partial charge >= 0.3 is 0 Å². The minimum absolute atomic E-state index is 0.272. The van der Waals surface area contributed by atoms with Crippen LogP contribution in [0.3, 0.4) is 0 Å². The van der Waals surface area contributed by atoms with Gasteiger partial charge in [0.2, 0.25) is 0 Å². The Morgan fingerprint density at radius 1 is 1.00 bits per heavy atom. The number of quaternary nitrogens is 1. The summed E-state index contributed by atoms with van der Waals surface area (Å²) in [5.41, 5.74) is 0. The molecule has 0 bridgehead atoms. The number of allylic oxidation sites excluding steroid dienone is 2. The SMILES string of the molecule is CCCCCCCC/C=C/CCCCCC1N=CC[N+]1(CC)C(C)O. The van der Waals surface area contributed by atoms with E-state index in [1.54, 1.807) is 0 Å². The second-order valence-electron chi connectivity index (χ2n) is 7.71. The van der Waals surface area contributed by atoms with Crippen molar-refractivity contribution < 1.29 is 9.59 Å². The predicted octanol–water partition coefficient (Wildman–Crippen LogP) is 5.83. The lowest BCUT2D eigenvalue weighted by atomic mass is 10.1. The number of aliphatic imine (C=N–C) groups is 1. The third-order valence-corrected chi connectivity index (χ3v) is 5.85. The summed E-state index contributed by atoms with van der Waals surface area (Å²) in [5, 5.41) is 10.2. The predicted molar refractivity (Wildman–Crippen MR) is 110 cm³/mol. The third-order valence-electron chi connectivity index (χ3n) is 5.85. The lowest BCUT2D eigenvalue weighted by Crippen LogP contribution is -2.57. The first-order valence-electron chi connectivity index (χ1n) is 10.9. The van der Waals surface area contributed by atoms with Crippen LogP contribution in [0, 0.1) is 0 Å². The lowest BCUT2D eigenvalue weighted by molar-refractivity contribution is -0.976. The molecule has 0 aromatic heterocycles. The van der Waals surface area contributed by atoms with Crippen molar-refractivity contribution in [1.29, 1.82) is 0 Å². The van der Waals surface area contributed by atoms with Crippen LogP contribution in [0.25, 0.3) is 0 Å². The Morgan fingerprint density at radius 3 is 2.20 bits per heavy atom. The van der Waals surface area contributed by atoms with Crippen LogP contribution >= 0.6 is 0 Å². The van der Waals surface area contributed by atoms with Crippen molar-refractivity contribution in [2.24, 2.45) is 4.99 Å². The molecular weight excluding hydrogens is 308 g/mol. The Bertz CT molecular complexity index is 378. The summed E-state index contributed by atoms with van der Waals surface area (Å²) < 4.78 is 0.734. The van der Waals surface area contributed by atoms with E-state index in [9.17, 15) is 5.11 Å². The fourth-order valence-electron chi connectivity index (χ4n) is 3.96. The van der Waals surface area contributed by atoms with E-state index >= 15 is 0 Å². The van der Waals surface area contributed by atoms with E-state index in [0.29, 0.717) is 0 Å². The molecule has 0 fully saturated rings. The molecule has 0 spiro atoms. The van der Waals surface area contributed by atoms with Crippen molar-refractivity contribution in [2.75, 3.05) is 13.1 Å². The highest BCUT2D eigenvalue weighted by Gasteiger charge is 2.41. The molecule has 1 aliphatic heterocycles. The molecule has 1 N–H and O–H groups in total. The molecule has 0 radical (unpaired) electrons. The zero-order valence-corrected chi connectivity index (χ0v) is 17.1. The van der Waals surface area contributed by atoms with Crippen molar-refractivity contribution in [1.82, 2.24) is 0 Å². The summed E-state index contributed by atoms with van der Waals surface area (Å²) >= 11 is 0. The van der Waals surface area contributed by atoms with Crippen molar-refractivity contribution >= 4 is 6.21 Å². The van der Waals surface area contributed by atoms with Crippen LogP contribution in [-0.2, 0) is 0 Å². The van der Waals surface area contributed by atoms with E-state index in [2.05, 4.69) is 31.0 Å². The van der Waals surface area contributed by atoms with Crippen LogP contribution in [0.2, 0.25) is 0 Å².